The number of anilines is 1. The van der Waals surface area contributed by atoms with Gasteiger partial charge in [0.25, 0.3) is 0 Å². The van der Waals surface area contributed by atoms with Crippen LogP contribution in [0.5, 0.6) is 0 Å². The van der Waals surface area contributed by atoms with Crippen LogP contribution in [0.1, 0.15) is 37.0 Å². The van der Waals surface area contributed by atoms with Crippen molar-refractivity contribution in [1.82, 2.24) is 24.8 Å². The van der Waals surface area contributed by atoms with Crippen molar-refractivity contribution >= 4 is 23.0 Å². The summed E-state index contributed by atoms with van der Waals surface area (Å²) in [5.74, 6) is 0.483. The molecule has 0 bridgehead atoms. The van der Waals surface area contributed by atoms with E-state index in [0.717, 1.165) is 12.8 Å². The molecular formula is C24H29N7O5. The lowest BCUT2D eigenvalue weighted by Crippen LogP contribution is -2.39. The third-order valence-electron chi connectivity index (χ3n) is 5.78. The molecular weight excluding hydrogens is 466 g/mol. The quantitative estimate of drug-likeness (QED) is 0.276. The molecule has 0 saturated carbocycles. The summed E-state index contributed by atoms with van der Waals surface area (Å²) in [6, 6.07) is 7.31. The number of imidazole rings is 1. The Balaban J connectivity index is 1.65. The predicted octanol–water partition coefficient (Wildman–Crippen LogP) is 1.44. The molecule has 4 heterocycles. The number of carbonyl (C=O) groups is 1. The van der Waals surface area contributed by atoms with Crippen molar-refractivity contribution in [1.29, 1.82) is 5.26 Å². The third kappa shape index (κ3) is 5.77. The van der Waals surface area contributed by atoms with Gasteiger partial charge in [0.05, 0.1) is 18.8 Å². The van der Waals surface area contributed by atoms with E-state index in [-0.39, 0.29) is 19.3 Å². The first-order valence-electron chi connectivity index (χ1n) is 11.8. The van der Waals surface area contributed by atoms with Gasteiger partial charge in [-0.25, -0.2) is 19.7 Å². The minimum absolute atomic E-state index is 0.115. The lowest BCUT2D eigenvalue weighted by atomic mass is 10.1. The Morgan fingerprint density at radius 2 is 2.17 bits per heavy atom. The zero-order chi connectivity index (χ0) is 25.5. The van der Waals surface area contributed by atoms with E-state index < -0.39 is 18.3 Å². The summed E-state index contributed by atoms with van der Waals surface area (Å²) in [5.41, 5.74) is 2.03. The summed E-state index contributed by atoms with van der Waals surface area (Å²) in [7, 11) is 1.57. The highest BCUT2D eigenvalue weighted by Crippen LogP contribution is 2.28. The Labute approximate surface area is 208 Å². The van der Waals surface area contributed by atoms with Gasteiger partial charge in [0, 0.05) is 31.0 Å². The molecule has 1 aliphatic rings. The highest BCUT2D eigenvalue weighted by atomic mass is 16.6. The maximum atomic E-state index is 12.0. The molecule has 12 nitrogen and oxygen atoms in total. The molecule has 3 aromatic heterocycles. The SMILES string of the molecule is CCOC(=O)C(NC)OCC(O)c1cc2ncn(-c3ccc(C#N)cn3)c2nc1NC1CCOCC1. The van der Waals surface area contributed by atoms with Crippen LogP contribution in [-0.2, 0) is 19.0 Å². The van der Waals surface area contributed by atoms with Gasteiger partial charge < -0.3 is 24.6 Å². The standard InChI is InChI=1S/C24H29N7O5/c1-3-35-24(33)23(26-2)36-13-19(32)17-10-18-22(30-21(17)29-16-6-8-34-9-7-16)31(14-28-18)20-5-4-15(11-25)12-27-20/h4-5,10,12,14,16,19,23,26,32H,3,6-9,13H2,1-2H3,(H,29,30). The van der Waals surface area contributed by atoms with Crippen molar-refractivity contribution < 1.29 is 24.1 Å². The summed E-state index contributed by atoms with van der Waals surface area (Å²) in [5, 5.41) is 26.3. The summed E-state index contributed by atoms with van der Waals surface area (Å²) < 4.78 is 17.8. The Kier molecular flexibility index (Phi) is 8.40. The molecule has 0 spiro atoms. The lowest BCUT2D eigenvalue weighted by Gasteiger charge is -2.26. The number of aliphatic hydroxyl groups is 1. The first-order chi connectivity index (χ1) is 17.5. The molecule has 3 N–H and O–H groups in total. The van der Waals surface area contributed by atoms with Crippen LogP contribution in [0.3, 0.4) is 0 Å². The molecule has 1 aliphatic heterocycles. The van der Waals surface area contributed by atoms with Crippen LogP contribution < -0.4 is 10.6 Å². The molecule has 190 valence electrons. The number of hydrogen-bond acceptors (Lipinski definition) is 11. The zero-order valence-corrected chi connectivity index (χ0v) is 20.2. The van der Waals surface area contributed by atoms with E-state index in [9.17, 15) is 9.90 Å². The van der Waals surface area contributed by atoms with Crippen LogP contribution in [0, 0.1) is 11.3 Å². The Hall–Kier alpha value is -3.63. The highest BCUT2D eigenvalue weighted by molar-refractivity contribution is 5.77. The van der Waals surface area contributed by atoms with Gasteiger partial charge >= 0.3 is 5.97 Å². The monoisotopic (exact) mass is 495 g/mol. The van der Waals surface area contributed by atoms with Gasteiger partial charge in [-0.05, 0) is 45.0 Å². The molecule has 3 aromatic rings. The van der Waals surface area contributed by atoms with Gasteiger partial charge in [0.1, 0.15) is 35.7 Å². The van der Waals surface area contributed by atoms with Crippen LogP contribution >= 0.6 is 0 Å². The molecule has 0 amide bonds. The number of aromatic nitrogens is 4. The number of carbonyl (C=O) groups excluding carboxylic acids is 1. The second-order valence-corrected chi connectivity index (χ2v) is 8.20. The number of likely N-dealkylation sites (N-methyl/N-ethyl adjacent to an activating group) is 1. The summed E-state index contributed by atoms with van der Waals surface area (Å²) in [6.45, 7) is 3.03. The predicted molar refractivity (Wildman–Crippen MR) is 129 cm³/mol. The Bertz CT molecular complexity index is 1220. The minimum Gasteiger partial charge on any atom is -0.463 e. The number of ether oxygens (including phenoxy) is 3. The number of fused-ring (bicyclic) bond motifs is 1. The smallest absolute Gasteiger partial charge is 0.350 e. The fourth-order valence-corrected chi connectivity index (χ4v) is 3.89. The van der Waals surface area contributed by atoms with E-state index in [1.165, 1.54) is 6.20 Å². The fraction of sp³-hybridized carbons (Fsp3) is 0.458. The van der Waals surface area contributed by atoms with Crippen molar-refractivity contribution in [3.05, 3.63) is 41.9 Å². The maximum Gasteiger partial charge on any atom is 0.350 e. The van der Waals surface area contributed by atoms with Crippen molar-refractivity contribution in [2.45, 2.75) is 38.1 Å². The van der Waals surface area contributed by atoms with E-state index >= 15 is 0 Å². The topological polar surface area (TPSA) is 156 Å². The van der Waals surface area contributed by atoms with Crippen LogP contribution in [0.4, 0.5) is 5.82 Å². The molecule has 1 saturated heterocycles. The average molecular weight is 496 g/mol. The number of nitrogens with zero attached hydrogens (tertiary/aromatic N) is 5. The summed E-state index contributed by atoms with van der Waals surface area (Å²) in [6.07, 6.45) is 2.58. The molecule has 0 aromatic carbocycles. The molecule has 36 heavy (non-hydrogen) atoms. The lowest BCUT2D eigenvalue weighted by molar-refractivity contribution is -0.160. The highest BCUT2D eigenvalue weighted by Gasteiger charge is 2.25. The second-order valence-electron chi connectivity index (χ2n) is 8.20. The second kappa shape index (κ2) is 11.9. The van der Waals surface area contributed by atoms with Crippen molar-refractivity contribution in [3.8, 4) is 11.9 Å². The van der Waals surface area contributed by atoms with Crippen molar-refractivity contribution in [2.75, 3.05) is 38.8 Å². The molecule has 12 heteroatoms. The molecule has 2 atom stereocenters. The zero-order valence-electron chi connectivity index (χ0n) is 20.2. The largest absolute Gasteiger partial charge is 0.463 e. The maximum absolute atomic E-state index is 12.0. The average Bonchev–Trinajstić information content (AvgIpc) is 3.32. The van der Waals surface area contributed by atoms with Crippen molar-refractivity contribution in [3.63, 3.8) is 0 Å². The van der Waals surface area contributed by atoms with Gasteiger partial charge in [-0.2, -0.15) is 5.26 Å². The molecule has 0 aliphatic carbocycles. The van der Waals surface area contributed by atoms with E-state index in [0.29, 0.717) is 47.1 Å². The van der Waals surface area contributed by atoms with Crippen LogP contribution in [-0.4, -0.2) is 76.3 Å². The first kappa shape index (κ1) is 25.5. The van der Waals surface area contributed by atoms with Crippen molar-refractivity contribution in [2.24, 2.45) is 0 Å². The first-order valence-corrected chi connectivity index (χ1v) is 11.8. The van der Waals surface area contributed by atoms with Gasteiger partial charge in [-0.3, -0.25) is 9.88 Å². The number of hydrogen-bond donors (Lipinski definition) is 3. The van der Waals surface area contributed by atoms with E-state index in [1.807, 2.05) is 0 Å². The number of nitrogens with one attached hydrogen (secondary N) is 2. The number of aliphatic hydroxyl groups excluding tert-OH is 1. The van der Waals surface area contributed by atoms with Gasteiger partial charge in [0.2, 0.25) is 6.23 Å². The van der Waals surface area contributed by atoms with Crippen LogP contribution in [0.15, 0.2) is 30.7 Å². The summed E-state index contributed by atoms with van der Waals surface area (Å²) in [4.78, 5) is 25.6. The van der Waals surface area contributed by atoms with Crippen LogP contribution in [0.25, 0.3) is 17.0 Å². The molecule has 0 radical (unpaired) electrons. The number of rotatable bonds is 10. The summed E-state index contributed by atoms with van der Waals surface area (Å²) >= 11 is 0. The molecule has 2 unspecified atom stereocenters. The van der Waals surface area contributed by atoms with E-state index in [2.05, 4.69) is 26.7 Å². The number of nitriles is 1. The Morgan fingerprint density at radius 3 is 2.83 bits per heavy atom. The van der Waals surface area contributed by atoms with E-state index in [1.54, 1.807) is 43.1 Å². The normalized spacial score (nSPS) is 15.8. The Morgan fingerprint density at radius 1 is 1.36 bits per heavy atom. The van der Waals surface area contributed by atoms with Gasteiger partial charge in [0.15, 0.2) is 5.65 Å². The third-order valence-corrected chi connectivity index (χ3v) is 5.78. The molecule has 1 fully saturated rings. The number of pyridine rings is 2. The van der Waals surface area contributed by atoms with E-state index in [4.69, 9.17) is 24.5 Å². The van der Waals surface area contributed by atoms with Gasteiger partial charge in [-0.15, -0.1) is 0 Å². The minimum atomic E-state index is -1.09. The molecule has 4 rings (SSSR count). The number of esters is 1. The van der Waals surface area contributed by atoms with Gasteiger partial charge in [-0.1, -0.05) is 0 Å². The van der Waals surface area contributed by atoms with Crippen LogP contribution in [0.2, 0.25) is 0 Å². The fourth-order valence-electron chi connectivity index (χ4n) is 3.89.